The maximum absolute atomic E-state index is 13.2. The number of phenolic OH excluding ortho intramolecular Hbond substituents is 1. The molecule has 2 atom stereocenters. The van der Waals surface area contributed by atoms with Crippen molar-refractivity contribution in [3.8, 4) is 5.75 Å². The normalized spacial score (nSPS) is 12.6. The van der Waals surface area contributed by atoms with E-state index in [4.69, 9.17) is 5.21 Å². The molecule has 0 heterocycles. The summed E-state index contributed by atoms with van der Waals surface area (Å²) in [6.07, 6.45) is 1.10. The number of carbonyl (C=O) groups excluding carboxylic acids is 3. The minimum atomic E-state index is -0.847. The fraction of sp³-hybridized carbons (Fsp3) is 0.345. The Morgan fingerprint density at radius 2 is 1.54 bits per heavy atom. The fourth-order valence-electron chi connectivity index (χ4n) is 4.34. The van der Waals surface area contributed by atoms with Crippen LogP contribution in [0.15, 0.2) is 66.7 Å². The van der Waals surface area contributed by atoms with Gasteiger partial charge >= 0.3 is 0 Å². The first kappa shape index (κ1) is 27.7. The van der Waals surface area contributed by atoms with Crippen molar-refractivity contribution in [1.82, 2.24) is 16.1 Å². The number of aromatic hydroxyl groups is 1. The number of nitrogens with one attached hydrogen (secondary N) is 3. The number of amides is 3. The van der Waals surface area contributed by atoms with Crippen LogP contribution in [-0.4, -0.2) is 40.6 Å². The lowest BCUT2D eigenvalue weighted by Crippen LogP contribution is -2.50. The van der Waals surface area contributed by atoms with Gasteiger partial charge in [0.25, 0.3) is 0 Å². The number of fused-ring (bicyclic) bond motifs is 1. The van der Waals surface area contributed by atoms with E-state index in [2.05, 4.69) is 10.6 Å². The largest absolute Gasteiger partial charge is 0.508 e. The van der Waals surface area contributed by atoms with Crippen molar-refractivity contribution in [2.45, 2.75) is 45.6 Å². The van der Waals surface area contributed by atoms with Crippen LogP contribution in [0.4, 0.5) is 0 Å². The standard InChI is InChI=1S/C29H35N3O5/c1-19(2)15-24(18-27(34)32-37)28(35)31-26(17-21-7-10-22-5-3-4-6-23(22)16-21)29(36)30-14-13-20-8-11-25(33)12-9-20/h3-12,16,19,24,26,33,37H,13-15,17-18H2,1-2H3,(H,30,36)(H,31,35)(H,32,34)/t24-,26+/m1/s1. The van der Waals surface area contributed by atoms with Crippen LogP contribution < -0.4 is 16.1 Å². The maximum atomic E-state index is 13.2. The third kappa shape index (κ3) is 8.61. The zero-order chi connectivity index (χ0) is 26.8. The molecule has 8 heteroatoms. The van der Waals surface area contributed by atoms with E-state index >= 15 is 0 Å². The van der Waals surface area contributed by atoms with Gasteiger partial charge in [-0.05, 0) is 52.8 Å². The zero-order valence-corrected chi connectivity index (χ0v) is 21.2. The topological polar surface area (TPSA) is 128 Å². The lowest BCUT2D eigenvalue weighted by atomic mass is 9.92. The molecule has 0 aliphatic carbocycles. The van der Waals surface area contributed by atoms with Gasteiger partial charge in [-0.15, -0.1) is 0 Å². The smallest absolute Gasteiger partial charge is 0.244 e. The third-order valence-corrected chi connectivity index (χ3v) is 6.22. The van der Waals surface area contributed by atoms with Gasteiger partial charge in [-0.1, -0.05) is 68.4 Å². The van der Waals surface area contributed by atoms with Crippen LogP contribution >= 0.6 is 0 Å². The van der Waals surface area contributed by atoms with Crippen LogP contribution in [0.3, 0.4) is 0 Å². The van der Waals surface area contributed by atoms with Crippen molar-refractivity contribution in [2.24, 2.45) is 11.8 Å². The molecule has 3 aromatic rings. The Kier molecular flexibility index (Phi) is 10.0. The SMILES string of the molecule is CC(C)C[C@H](CC(=O)NO)C(=O)N[C@@H](Cc1ccc2ccccc2c1)C(=O)NCCc1ccc(O)cc1. The highest BCUT2D eigenvalue weighted by molar-refractivity contribution is 5.91. The van der Waals surface area contributed by atoms with E-state index in [-0.39, 0.29) is 30.4 Å². The number of benzene rings is 3. The summed E-state index contributed by atoms with van der Waals surface area (Å²) in [4.78, 5) is 38.2. The van der Waals surface area contributed by atoms with Crippen molar-refractivity contribution < 1.29 is 24.7 Å². The number of hydrogen-bond acceptors (Lipinski definition) is 5. The molecule has 0 bridgehead atoms. The summed E-state index contributed by atoms with van der Waals surface area (Å²) in [5.74, 6) is -1.75. The highest BCUT2D eigenvalue weighted by atomic mass is 16.5. The van der Waals surface area contributed by atoms with E-state index in [0.717, 1.165) is 21.9 Å². The van der Waals surface area contributed by atoms with Crippen LogP contribution in [0.1, 0.15) is 37.8 Å². The summed E-state index contributed by atoms with van der Waals surface area (Å²) in [6.45, 7) is 4.25. The molecule has 0 radical (unpaired) electrons. The Morgan fingerprint density at radius 3 is 2.22 bits per heavy atom. The monoisotopic (exact) mass is 505 g/mol. The highest BCUT2D eigenvalue weighted by Gasteiger charge is 2.28. The van der Waals surface area contributed by atoms with E-state index < -0.39 is 23.8 Å². The molecule has 0 saturated carbocycles. The maximum Gasteiger partial charge on any atom is 0.244 e. The average molecular weight is 506 g/mol. The molecule has 0 aliphatic heterocycles. The number of rotatable bonds is 12. The van der Waals surface area contributed by atoms with Crippen molar-refractivity contribution in [2.75, 3.05) is 6.54 Å². The molecule has 0 aromatic heterocycles. The van der Waals surface area contributed by atoms with Gasteiger partial charge in [0.1, 0.15) is 11.8 Å². The summed E-state index contributed by atoms with van der Waals surface area (Å²) in [7, 11) is 0. The molecule has 3 aromatic carbocycles. The molecule has 196 valence electrons. The Balaban J connectivity index is 1.75. The summed E-state index contributed by atoms with van der Waals surface area (Å²) in [6, 6.07) is 19.8. The summed E-state index contributed by atoms with van der Waals surface area (Å²) in [5, 5.41) is 26.3. The van der Waals surface area contributed by atoms with Gasteiger partial charge in [-0.25, -0.2) is 5.48 Å². The summed E-state index contributed by atoms with van der Waals surface area (Å²) < 4.78 is 0. The van der Waals surface area contributed by atoms with Gasteiger partial charge in [-0.2, -0.15) is 0 Å². The van der Waals surface area contributed by atoms with E-state index in [1.165, 1.54) is 0 Å². The average Bonchev–Trinajstić information content (AvgIpc) is 2.88. The van der Waals surface area contributed by atoms with Crippen LogP contribution in [0.25, 0.3) is 10.8 Å². The minimum Gasteiger partial charge on any atom is -0.508 e. The molecule has 3 amide bonds. The Bertz CT molecular complexity index is 1210. The van der Waals surface area contributed by atoms with Crippen LogP contribution in [0, 0.1) is 11.8 Å². The first-order valence-corrected chi connectivity index (χ1v) is 12.5. The second-order valence-electron chi connectivity index (χ2n) is 9.72. The Morgan fingerprint density at radius 1 is 0.865 bits per heavy atom. The van der Waals surface area contributed by atoms with Gasteiger partial charge in [-0.3, -0.25) is 19.6 Å². The molecule has 0 spiro atoms. The summed E-state index contributed by atoms with van der Waals surface area (Å²) in [5.41, 5.74) is 3.44. The zero-order valence-electron chi connectivity index (χ0n) is 21.2. The fourth-order valence-corrected chi connectivity index (χ4v) is 4.34. The molecule has 8 nitrogen and oxygen atoms in total. The molecule has 37 heavy (non-hydrogen) atoms. The van der Waals surface area contributed by atoms with E-state index in [9.17, 15) is 19.5 Å². The van der Waals surface area contributed by atoms with Gasteiger partial charge in [0.15, 0.2) is 0 Å². The van der Waals surface area contributed by atoms with E-state index in [1.54, 1.807) is 29.7 Å². The molecular weight excluding hydrogens is 470 g/mol. The Hall–Kier alpha value is -3.91. The van der Waals surface area contributed by atoms with E-state index in [0.29, 0.717) is 19.4 Å². The first-order chi connectivity index (χ1) is 17.7. The summed E-state index contributed by atoms with van der Waals surface area (Å²) >= 11 is 0. The van der Waals surface area contributed by atoms with Crippen molar-refractivity contribution in [3.63, 3.8) is 0 Å². The second kappa shape index (κ2) is 13.4. The van der Waals surface area contributed by atoms with E-state index in [1.807, 2.05) is 56.3 Å². The molecule has 0 unspecified atom stereocenters. The van der Waals surface area contributed by atoms with Crippen LogP contribution in [-0.2, 0) is 27.2 Å². The van der Waals surface area contributed by atoms with Gasteiger partial charge in [0, 0.05) is 25.3 Å². The molecule has 5 N–H and O–H groups in total. The van der Waals surface area contributed by atoms with Crippen LogP contribution in [0.5, 0.6) is 5.75 Å². The molecular formula is C29H35N3O5. The highest BCUT2D eigenvalue weighted by Crippen LogP contribution is 2.19. The van der Waals surface area contributed by atoms with Crippen LogP contribution in [0.2, 0.25) is 0 Å². The van der Waals surface area contributed by atoms with Crippen molar-refractivity contribution >= 4 is 28.5 Å². The predicted octanol–water partition coefficient (Wildman–Crippen LogP) is 3.49. The predicted molar refractivity (Wildman–Crippen MR) is 142 cm³/mol. The molecule has 0 aliphatic rings. The quantitative estimate of drug-likeness (QED) is 0.190. The number of carbonyl (C=O) groups is 3. The lowest BCUT2D eigenvalue weighted by Gasteiger charge is -2.23. The molecule has 3 rings (SSSR count). The Labute approximate surface area is 217 Å². The van der Waals surface area contributed by atoms with Crippen molar-refractivity contribution in [1.29, 1.82) is 0 Å². The number of hydroxylamine groups is 1. The van der Waals surface area contributed by atoms with Gasteiger partial charge in [0.2, 0.25) is 17.7 Å². The number of phenols is 1. The lowest BCUT2D eigenvalue weighted by molar-refractivity contribution is -0.136. The second-order valence-corrected chi connectivity index (χ2v) is 9.72. The van der Waals surface area contributed by atoms with Gasteiger partial charge < -0.3 is 15.7 Å². The molecule has 0 saturated heterocycles. The molecule has 0 fully saturated rings. The third-order valence-electron chi connectivity index (χ3n) is 6.22. The minimum absolute atomic E-state index is 0.139. The first-order valence-electron chi connectivity index (χ1n) is 12.5. The number of hydrogen-bond donors (Lipinski definition) is 5. The van der Waals surface area contributed by atoms with Gasteiger partial charge in [0.05, 0.1) is 0 Å². The van der Waals surface area contributed by atoms with Crippen molar-refractivity contribution in [3.05, 3.63) is 77.9 Å².